The Morgan fingerprint density at radius 3 is 1.85 bits per heavy atom. The monoisotopic (exact) mass is 366 g/mol. The first-order valence-corrected chi connectivity index (χ1v) is 11.9. The van der Waals surface area contributed by atoms with Gasteiger partial charge in [0.05, 0.1) is 0 Å². The lowest BCUT2D eigenvalue weighted by atomic mass is 9.69. The predicted octanol–water partition coefficient (Wildman–Crippen LogP) is 6.83. The van der Waals surface area contributed by atoms with Crippen LogP contribution in [0.1, 0.15) is 125 Å². The van der Waals surface area contributed by atoms with Crippen LogP contribution in [-0.4, -0.2) is 23.7 Å². The fraction of sp³-hybridized carbons (Fsp3) is 1.00. The van der Waals surface area contributed by atoms with E-state index in [0.717, 1.165) is 0 Å². The fourth-order valence-electron chi connectivity index (χ4n) is 4.75. The Morgan fingerprint density at radius 1 is 0.808 bits per heavy atom. The Bertz CT molecular complexity index is 356. The molecule has 0 aromatic carbocycles. The fourth-order valence-corrected chi connectivity index (χ4v) is 4.75. The summed E-state index contributed by atoms with van der Waals surface area (Å²) >= 11 is 0. The Hall–Kier alpha value is -0.0800. The molecule has 4 atom stereocenters. The van der Waals surface area contributed by atoms with Crippen molar-refractivity contribution in [1.29, 1.82) is 0 Å². The smallest absolute Gasteiger partial charge is 0.0196 e. The highest BCUT2D eigenvalue weighted by Crippen LogP contribution is 2.37. The van der Waals surface area contributed by atoms with Gasteiger partial charge in [-0.1, -0.05) is 85.5 Å². The van der Waals surface area contributed by atoms with Crippen molar-refractivity contribution in [3.8, 4) is 0 Å². The third-order valence-corrected chi connectivity index (χ3v) is 7.32. The van der Waals surface area contributed by atoms with Crippen molar-refractivity contribution in [2.75, 3.05) is 6.54 Å². The van der Waals surface area contributed by atoms with Crippen molar-refractivity contribution >= 4 is 0 Å². The summed E-state index contributed by atoms with van der Waals surface area (Å²) in [5.41, 5.74) is 0.547. The molecule has 0 amide bonds. The summed E-state index contributed by atoms with van der Waals surface area (Å²) in [7, 11) is 0. The van der Waals surface area contributed by atoms with Gasteiger partial charge in [-0.05, 0) is 52.0 Å². The Balaban J connectivity index is 2.19. The number of nitrogens with one attached hydrogen (secondary N) is 2. The van der Waals surface area contributed by atoms with E-state index in [1.165, 1.54) is 90.0 Å². The number of hydrogen-bond acceptors (Lipinski definition) is 2. The van der Waals surface area contributed by atoms with Crippen LogP contribution in [0.5, 0.6) is 0 Å². The average molecular weight is 367 g/mol. The van der Waals surface area contributed by atoms with Gasteiger partial charge in [0.15, 0.2) is 0 Å². The first-order valence-electron chi connectivity index (χ1n) is 11.9. The molecule has 156 valence electrons. The van der Waals surface area contributed by atoms with Crippen LogP contribution >= 0.6 is 0 Å². The maximum Gasteiger partial charge on any atom is 0.0196 e. The predicted molar refractivity (Wildman–Crippen MR) is 118 cm³/mol. The zero-order chi connectivity index (χ0) is 19.5. The second-order valence-corrected chi connectivity index (χ2v) is 9.55. The molecule has 0 aliphatic carbocycles. The van der Waals surface area contributed by atoms with E-state index in [1.807, 2.05) is 0 Å². The van der Waals surface area contributed by atoms with Crippen LogP contribution in [0.3, 0.4) is 0 Å². The average Bonchev–Trinajstić information content (AvgIpc) is 2.63. The van der Waals surface area contributed by atoms with E-state index < -0.39 is 0 Å². The standard InChI is InChI=1S/C24H50N2/c1-7-10-11-12-13-14-15-16-17-18-19-25-22-20-23(5,8-2)26-24(6,9-3)21(22)4/h21-22,25-26H,7-20H2,1-6H3. The third-order valence-electron chi connectivity index (χ3n) is 7.32. The van der Waals surface area contributed by atoms with Crippen LogP contribution in [0.15, 0.2) is 0 Å². The van der Waals surface area contributed by atoms with Crippen molar-refractivity contribution in [2.45, 2.75) is 142 Å². The van der Waals surface area contributed by atoms with Crippen LogP contribution in [0.4, 0.5) is 0 Å². The number of piperidine rings is 1. The Kier molecular flexibility index (Phi) is 11.4. The molecule has 1 aliphatic heterocycles. The molecule has 26 heavy (non-hydrogen) atoms. The molecular formula is C24H50N2. The highest BCUT2D eigenvalue weighted by atomic mass is 15.1. The first kappa shape index (κ1) is 24.0. The van der Waals surface area contributed by atoms with Gasteiger partial charge in [0.1, 0.15) is 0 Å². The van der Waals surface area contributed by atoms with Gasteiger partial charge < -0.3 is 10.6 Å². The summed E-state index contributed by atoms with van der Waals surface area (Å²) in [6.07, 6.45) is 17.9. The molecule has 0 spiro atoms. The molecule has 0 saturated carbocycles. The second-order valence-electron chi connectivity index (χ2n) is 9.55. The molecule has 2 N–H and O–H groups in total. The van der Waals surface area contributed by atoms with Gasteiger partial charge in [-0.15, -0.1) is 0 Å². The zero-order valence-corrected chi connectivity index (χ0v) is 19.1. The topological polar surface area (TPSA) is 24.1 Å². The molecular weight excluding hydrogens is 316 g/mol. The number of unbranched alkanes of at least 4 members (excludes halogenated alkanes) is 9. The van der Waals surface area contributed by atoms with Crippen molar-refractivity contribution in [2.24, 2.45) is 5.92 Å². The molecule has 0 aromatic heterocycles. The van der Waals surface area contributed by atoms with Gasteiger partial charge >= 0.3 is 0 Å². The van der Waals surface area contributed by atoms with Crippen LogP contribution in [0.25, 0.3) is 0 Å². The minimum Gasteiger partial charge on any atom is -0.314 e. The summed E-state index contributed by atoms with van der Waals surface area (Å²) in [4.78, 5) is 0. The third kappa shape index (κ3) is 7.89. The number of rotatable bonds is 14. The van der Waals surface area contributed by atoms with Gasteiger partial charge in [0.25, 0.3) is 0 Å². The minimum absolute atomic E-state index is 0.262. The summed E-state index contributed by atoms with van der Waals surface area (Å²) in [5, 5.41) is 7.92. The molecule has 0 radical (unpaired) electrons. The molecule has 1 saturated heterocycles. The minimum atomic E-state index is 0.262. The van der Waals surface area contributed by atoms with Gasteiger partial charge in [-0.2, -0.15) is 0 Å². The highest BCUT2D eigenvalue weighted by molar-refractivity contribution is 5.06. The number of hydrogen-bond donors (Lipinski definition) is 2. The Morgan fingerprint density at radius 2 is 1.35 bits per heavy atom. The van der Waals surface area contributed by atoms with E-state index >= 15 is 0 Å². The van der Waals surface area contributed by atoms with Gasteiger partial charge in [-0.25, -0.2) is 0 Å². The molecule has 1 rings (SSSR count). The van der Waals surface area contributed by atoms with Crippen LogP contribution in [0, 0.1) is 5.92 Å². The molecule has 1 heterocycles. The van der Waals surface area contributed by atoms with E-state index in [2.05, 4.69) is 52.2 Å². The van der Waals surface area contributed by atoms with Crippen molar-refractivity contribution in [1.82, 2.24) is 10.6 Å². The van der Waals surface area contributed by atoms with E-state index in [1.54, 1.807) is 0 Å². The van der Waals surface area contributed by atoms with E-state index in [9.17, 15) is 0 Å². The van der Waals surface area contributed by atoms with E-state index in [4.69, 9.17) is 0 Å². The normalized spacial score (nSPS) is 32.1. The molecule has 1 aliphatic rings. The van der Waals surface area contributed by atoms with E-state index in [-0.39, 0.29) is 11.1 Å². The molecule has 1 fully saturated rings. The lowest BCUT2D eigenvalue weighted by molar-refractivity contribution is 0.0586. The lowest BCUT2D eigenvalue weighted by Gasteiger charge is -2.54. The van der Waals surface area contributed by atoms with Crippen LogP contribution in [-0.2, 0) is 0 Å². The van der Waals surface area contributed by atoms with Gasteiger partial charge in [-0.3, -0.25) is 0 Å². The van der Waals surface area contributed by atoms with Gasteiger partial charge in [0, 0.05) is 17.1 Å². The highest BCUT2D eigenvalue weighted by Gasteiger charge is 2.45. The van der Waals surface area contributed by atoms with E-state index in [0.29, 0.717) is 12.0 Å². The summed E-state index contributed by atoms with van der Waals surface area (Å²) in [6.45, 7) is 15.5. The van der Waals surface area contributed by atoms with Crippen LogP contribution in [0.2, 0.25) is 0 Å². The molecule has 0 bridgehead atoms. The summed E-state index contributed by atoms with van der Waals surface area (Å²) in [5.74, 6) is 0.690. The SMILES string of the molecule is CCCCCCCCCCCCNC1CC(C)(CC)NC(C)(CC)C1C. The molecule has 0 aromatic rings. The zero-order valence-electron chi connectivity index (χ0n) is 19.1. The molecule has 2 nitrogen and oxygen atoms in total. The summed E-state index contributed by atoms with van der Waals surface area (Å²) in [6, 6.07) is 0.657. The van der Waals surface area contributed by atoms with Crippen molar-refractivity contribution in [3.05, 3.63) is 0 Å². The molecule has 2 heteroatoms. The maximum absolute atomic E-state index is 3.99. The lowest BCUT2D eigenvalue weighted by Crippen LogP contribution is -2.68. The van der Waals surface area contributed by atoms with Gasteiger partial charge in [0.2, 0.25) is 0 Å². The summed E-state index contributed by atoms with van der Waals surface area (Å²) < 4.78 is 0. The maximum atomic E-state index is 3.99. The largest absolute Gasteiger partial charge is 0.314 e. The molecule has 4 unspecified atom stereocenters. The van der Waals surface area contributed by atoms with Crippen LogP contribution < -0.4 is 10.6 Å². The Labute approximate surface area is 165 Å². The van der Waals surface area contributed by atoms with Crippen molar-refractivity contribution < 1.29 is 0 Å². The quantitative estimate of drug-likeness (QED) is 0.329. The first-order chi connectivity index (χ1) is 12.4. The van der Waals surface area contributed by atoms with Crippen molar-refractivity contribution in [3.63, 3.8) is 0 Å². The second kappa shape index (κ2) is 12.4.